The average molecular weight is 677 g/mol. The minimum Gasteiger partial charge on any atom is -0.463 e. The van der Waals surface area contributed by atoms with Gasteiger partial charge < -0.3 is 23.7 Å². The van der Waals surface area contributed by atoms with Crippen LogP contribution in [-0.2, 0) is 48.0 Å². The molecule has 0 aromatic heterocycles. The van der Waals surface area contributed by atoms with Crippen molar-refractivity contribution < 1.29 is 38.1 Å². The summed E-state index contributed by atoms with van der Waals surface area (Å²) in [5.41, 5.74) is 5.48. The largest absolute Gasteiger partial charge is 0.463 e. The molecule has 0 heterocycles. The zero-order chi connectivity index (χ0) is 36.5. The van der Waals surface area contributed by atoms with Crippen molar-refractivity contribution in [1.82, 2.24) is 0 Å². The molecule has 260 valence electrons. The van der Waals surface area contributed by atoms with Crippen LogP contribution in [0.3, 0.4) is 0 Å². The zero-order valence-corrected chi connectivity index (χ0v) is 29.2. The lowest BCUT2D eigenvalue weighted by Gasteiger charge is -2.10. The second kappa shape index (κ2) is 19.8. The highest BCUT2D eigenvalue weighted by Crippen LogP contribution is 2.25. The molecule has 0 fully saturated rings. The van der Waals surface area contributed by atoms with E-state index in [9.17, 15) is 14.4 Å². The Hall–Kier alpha value is -5.89. The van der Waals surface area contributed by atoms with Crippen LogP contribution >= 0.6 is 0 Å². The molecule has 0 N–H and O–H groups in total. The van der Waals surface area contributed by atoms with E-state index in [1.165, 1.54) is 5.56 Å². The highest BCUT2D eigenvalue weighted by Gasteiger charge is 2.06. The van der Waals surface area contributed by atoms with Crippen LogP contribution in [-0.4, -0.2) is 31.1 Å². The van der Waals surface area contributed by atoms with Crippen LogP contribution < -0.4 is 9.47 Å². The number of hydrogen-bond acceptors (Lipinski definition) is 8. The zero-order valence-electron chi connectivity index (χ0n) is 29.2. The van der Waals surface area contributed by atoms with Crippen molar-refractivity contribution in [2.45, 2.75) is 47.1 Å². The Morgan fingerprint density at radius 3 is 1.18 bits per heavy atom. The van der Waals surface area contributed by atoms with Crippen molar-refractivity contribution in [3.05, 3.63) is 156 Å². The van der Waals surface area contributed by atoms with E-state index in [1.54, 1.807) is 27.7 Å². The molecule has 0 unspecified atom stereocenters. The number of carbonyl (C=O) groups is 3. The van der Waals surface area contributed by atoms with Crippen LogP contribution in [0.5, 0.6) is 23.0 Å². The Balaban J connectivity index is 0.000000753. The molecule has 8 heteroatoms. The molecule has 0 aliphatic carbocycles. The molecule has 0 aliphatic rings. The third-order valence-electron chi connectivity index (χ3n) is 6.89. The molecule has 0 atom stereocenters. The number of carbonyl (C=O) groups excluding carboxylic acids is 3. The van der Waals surface area contributed by atoms with E-state index in [1.807, 2.05) is 84.9 Å². The average Bonchev–Trinajstić information content (AvgIpc) is 3.10. The molecule has 0 spiro atoms. The minimum absolute atomic E-state index is 0.193. The maximum Gasteiger partial charge on any atom is 0.333 e. The predicted molar refractivity (Wildman–Crippen MR) is 194 cm³/mol. The Bertz CT molecular complexity index is 1750. The Morgan fingerprint density at radius 2 is 0.820 bits per heavy atom. The van der Waals surface area contributed by atoms with Gasteiger partial charge in [0, 0.05) is 23.1 Å². The summed E-state index contributed by atoms with van der Waals surface area (Å²) in [5.74, 6) is 1.85. The molecule has 0 aliphatic heterocycles. The molecule has 8 nitrogen and oxygen atoms in total. The maximum absolute atomic E-state index is 11.5. The molecule has 0 amide bonds. The first-order valence-corrected chi connectivity index (χ1v) is 16.1. The van der Waals surface area contributed by atoms with E-state index in [4.69, 9.17) is 18.9 Å². The second-order valence-corrected chi connectivity index (χ2v) is 11.5. The van der Waals surface area contributed by atoms with Crippen LogP contribution in [0.1, 0.15) is 49.9 Å². The highest BCUT2D eigenvalue weighted by molar-refractivity contribution is 5.87. The van der Waals surface area contributed by atoms with Gasteiger partial charge in [-0.05, 0) is 105 Å². The SMILES string of the molecule is C=C(C)C(=O)OCC.C=C(C)C(=O)OCCc1ccc(Oc2ccc(Cc3ccc(Oc4ccc(COC(=O)C(=C)C)cc4)cc3)cc2)cc1. The van der Waals surface area contributed by atoms with E-state index >= 15 is 0 Å². The van der Waals surface area contributed by atoms with Gasteiger partial charge in [-0.15, -0.1) is 0 Å². The smallest absolute Gasteiger partial charge is 0.333 e. The summed E-state index contributed by atoms with van der Waals surface area (Å²) >= 11 is 0. The second-order valence-electron chi connectivity index (χ2n) is 11.5. The van der Waals surface area contributed by atoms with Gasteiger partial charge in [0.2, 0.25) is 0 Å². The van der Waals surface area contributed by atoms with Gasteiger partial charge in [0.15, 0.2) is 0 Å². The molecular weight excluding hydrogens is 632 g/mol. The van der Waals surface area contributed by atoms with Crippen molar-refractivity contribution in [1.29, 1.82) is 0 Å². The van der Waals surface area contributed by atoms with Gasteiger partial charge in [0.1, 0.15) is 29.6 Å². The quantitative estimate of drug-likeness (QED) is 0.0698. The summed E-state index contributed by atoms with van der Waals surface area (Å²) in [7, 11) is 0. The predicted octanol–water partition coefficient (Wildman–Crippen LogP) is 9.27. The van der Waals surface area contributed by atoms with Gasteiger partial charge in [0.05, 0.1) is 13.2 Å². The highest BCUT2D eigenvalue weighted by atomic mass is 16.5. The summed E-state index contributed by atoms with van der Waals surface area (Å²) < 4.78 is 26.8. The van der Waals surface area contributed by atoms with Crippen LogP contribution in [0.4, 0.5) is 0 Å². The summed E-state index contributed by atoms with van der Waals surface area (Å²) in [6.45, 7) is 18.1. The van der Waals surface area contributed by atoms with Gasteiger partial charge in [-0.25, -0.2) is 14.4 Å². The van der Waals surface area contributed by atoms with E-state index in [2.05, 4.69) is 36.6 Å². The lowest BCUT2D eigenvalue weighted by molar-refractivity contribution is -0.140. The third-order valence-corrected chi connectivity index (χ3v) is 6.89. The number of ether oxygens (including phenoxy) is 5. The molecular formula is C42H44O8. The molecule has 4 aromatic carbocycles. The number of hydrogen-bond donors (Lipinski definition) is 0. The summed E-state index contributed by atoms with van der Waals surface area (Å²) in [4.78, 5) is 33.5. The normalized spacial score (nSPS) is 10.1. The van der Waals surface area contributed by atoms with Gasteiger partial charge >= 0.3 is 17.9 Å². The maximum atomic E-state index is 11.5. The lowest BCUT2D eigenvalue weighted by Crippen LogP contribution is -2.07. The monoisotopic (exact) mass is 676 g/mol. The summed E-state index contributed by atoms with van der Waals surface area (Å²) in [6.07, 6.45) is 1.41. The van der Waals surface area contributed by atoms with Crippen LogP contribution in [0, 0.1) is 0 Å². The molecule has 4 aromatic rings. The molecule has 50 heavy (non-hydrogen) atoms. The van der Waals surface area contributed by atoms with Gasteiger partial charge in [-0.1, -0.05) is 68.3 Å². The van der Waals surface area contributed by atoms with Crippen molar-refractivity contribution >= 4 is 17.9 Å². The van der Waals surface area contributed by atoms with Gasteiger partial charge in [0.25, 0.3) is 0 Å². The van der Waals surface area contributed by atoms with Crippen LogP contribution in [0.2, 0.25) is 0 Å². The fourth-order valence-corrected chi connectivity index (χ4v) is 4.15. The Kier molecular flexibility index (Phi) is 15.3. The molecule has 0 bridgehead atoms. The van der Waals surface area contributed by atoms with E-state index in [-0.39, 0.29) is 18.5 Å². The molecule has 0 radical (unpaired) electrons. The Labute approximate surface area is 294 Å². The lowest BCUT2D eigenvalue weighted by atomic mass is 10.0. The van der Waals surface area contributed by atoms with Crippen molar-refractivity contribution in [3.8, 4) is 23.0 Å². The number of benzene rings is 4. The summed E-state index contributed by atoms with van der Waals surface area (Å²) in [5, 5.41) is 0. The van der Waals surface area contributed by atoms with E-state index in [0.29, 0.717) is 42.1 Å². The minimum atomic E-state index is -0.403. The molecule has 0 saturated carbocycles. The molecule has 0 saturated heterocycles. The number of rotatable bonds is 15. The van der Waals surface area contributed by atoms with E-state index in [0.717, 1.165) is 40.4 Å². The van der Waals surface area contributed by atoms with Crippen molar-refractivity contribution in [2.75, 3.05) is 13.2 Å². The number of esters is 3. The van der Waals surface area contributed by atoms with Gasteiger partial charge in [-0.2, -0.15) is 0 Å². The fourth-order valence-electron chi connectivity index (χ4n) is 4.15. The molecule has 4 rings (SSSR count). The van der Waals surface area contributed by atoms with Crippen LogP contribution in [0.25, 0.3) is 0 Å². The topological polar surface area (TPSA) is 97.4 Å². The first-order chi connectivity index (χ1) is 23.9. The first kappa shape index (κ1) is 38.6. The van der Waals surface area contributed by atoms with Gasteiger partial charge in [-0.3, -0.25) is 0 Å². The van der Waals surface area contributed by atoms with Crippen LogP contribution in [0.15, 0.2) is 134 Å². The fraction of sp³-hybridized carbons (Fsp3) is 0.214. The Morgan fingerprint density at radius 1 is 0.480 bits per heavy atom. The standard InChI is InChI=1S/C36H34O6.C6H10O2/c1-25(2)35(37)39-22-21-27-5-13-31(14-6-27)41-32-15-7-28(8-16-32)23-29-9-17-33(18-10-29)42-34-19-11-30(12-20-34)24-40-36(38)26(3)4;1-4-8-6(7)5(2)3/h5-20H,1,3,21-24H2,2,4H3;2,4H2,1,3H3. The van der Waals surface area contributed by atoms with E-state index < -0.39 is 5.97 Å². The van der Waals surface area contributed by atoms with Crippen molar-refractivity contribution in [3.63, 3.8) is 0 Å². The first-order valence-electron chi connectivity index (χ1n) is 16.1. The third kappa shape index (κ3) is 13.7. The summed E-state index contributed by atoms with van der Waals surface area (Å²) in [6, 6.07) is 31.2. The van der Waals surface area contributed by atoms with Crippen molar-refractivity contribution in [2.24, 2.45) is 0 Å².